The maximum atomic E-state index is 12.5. The third-order valence-electron chi connectivity index (χ3n) is 16.9. The van der Waals surface area contributed by atoms with Crippen LogP contribution in [0.1, 0.15) is 174 Å². The fourth-order valence-corrected chi connectivity index (χ4v) is 11.3. The van der Waals surface area contributed by atoms with E-state index in [2.05, 4.69) is 102 Å². The summed E-state index contributed by atoms with van der Waals surface area (Å²) in [6.45, 7) is 28.2. The van der Waals surface area contributed by atoms with Gasteiger partial charge in [-0.2, -0.15) is 0 Å². The highest BCUT2D eigenvalue weighted by Crippen LogP contribution is 2.39. The van der Waals surface area contributed by atoms with E-state index in [1.165, 1.54) is 13.8 Å². The van der Waals surface area contributed by atoms with Crippen LogP contribution in [0.25, 0.3) is 0 Å². The first kappa shape index (κ1) is 87.4. The molecule has 12 atom stereocenters. The molecule has 0 heterocycles. The molecule has 30 heteroatoms. The summed E-state index contributed by atoms with van der Waals surface area (Å²) in [5.41, 5.74) is 0. The molecule has 4 aliphatic carbocycles. The monoisotopic (exact) mass is 1380 g/mol. The van der Waals surface area contributed by atoms with Crippen molar-refractivity contribution in [1.82, 2.24) is 0 Å². The van der Waals surface area contributed by atoms with Gasteiger partial charge in [-0.05, 0) is 136 Å². The van der Waals surface area contributed by atoms with Crippen LogP contribution in [-0.2, 0) is 85.8 Å². The number of carbonyl (C=O) groups excluding carboxylic acids is 8. The number of aliphatic carboxylic acids is 2. The lowest BCUT2D eigenvalue weighted by Crippen LogP contribution is -2.37. The van der Waals surface area contributed by atoms with Crippen molar-refractivity contribution in [1.29, 1.82) is 0 Å². The van der Waals surface area contributed by atoms with Gasteiger partial charge < -0.3 is 99.2 Å². The molecule has 0 aromatic heterocycles. The molecular weight excluding hydrogens is 1270 g/mol. The number of aliphatic hydroxyl groups excluding tert-OH is 10. The molecule has 0 spiro atoms. The van der Waals surface area contributed by atoms with Crippen LogP contribution in [0.4, 0.5) is 0 Å². The number of esters is 8. The van der Waals surface area contributed by atoms with Crippen LogP contribution in [0, 0.1) is 71.0 Å². The second kappa shape index (κ2) is 42.8. The summed E-state index contributed by atoms with van der Waals surface area (Å²) in [6.07, 6.45) is 9.61. The Morgan fingerprint density at radius 2 is 0.469 bits per heavy atom. The zero-order valence-electron chi connectivity index (χ0n) is 57.9. The Morgan fingerprint density at radius 1 is 0.292 bits per heavy atom. The highest BCUT2D eigenvalue weighted by Gasteiger charge is 2.40. The van der Waals surface area contributed by atoms with Gasteiger partial charge in [0, 0.05) is 0 Å². The van der Waals surface area contributed by atoms with E-state index in [0.717, 1.165) is 65.6 Å². The third-order valence-corrected chi connectivity index (χ3v) is 16.9. The lowest BCUT2D eigenvalue weighted by atomic mass is 9.75. The SMILES string of the molecule is CC(C)[C@@H]1CC[C@@H](C)CC1OC(=O)/C(O)=C(\O)C(=O)O[C@@H]1C[C@H](C)CC[C@H]1C(C)C.CC(C)[C@H]1CC[C@H](C)CC1OC(=O)/C(O)=C(\O)C(=O)O[C@H]1C[C@@H](C)CC[C@@H]1C(C)C.CCOC(=O)/C(O)=C(\O)C(=O)OCC.COC(=O)/C(O)=C(\O)C(=O)OC.O=C(O)/C(O)=C(\O)C(=O)O. The van der Waals surface area contributed by atoms with Crippen LogP contribution in [0.5, 0.6) is 0 Å². The Hall–Kier alpha value is -8.60. The molecule has 0 amide bonds. The van der Waals surface area contributed by atoms with Crippen molar-refractivity contribution in [2.24, 2.45) is 71.0 Å². The number of aliphatic hydroxyl groups is 10. The summed E-state index contributed by atoms with van der Waals surface area (Å²) < 4.78 is 38.8. The first-order valence-corrected chi connectivity index (χ1v) is 32.0. The fraction of sp³-hybridized carbons (Fsp3) is 0.697. The van der Waals surface area contributed by atoms with Crippen LogP contribution in [0.15, 0.2) is 57.6 Å². The fourth-order valence-electron chi connectivity index (χ4n) is 11.3. The Morgan fingerprint density at radius 3 is 0.625 bits per heavy atom. The molecule has 4 fully saturated rings. The van der Waals surface area contributed by atoms with E-state index in [4.69, 9.17) is 59.8 Å². The van der Waals surface area contributed by atoms with Gasteiger partial charge in [0.1, 0.15) is 24.4 Å². The molecule has 0 bridgehead atoms. The first-order valence-electron chi connectivity index (χ1n) is 32.0. The van der Waals surface area contributed by atoms with Crippen molar-refractivity contribution < 1.29 is 147 Å². The van der Waals surface area contributed by atoms with E-state index in [9.17, 15) is 68.4 Å². The minimum atomic E-state index is -1.89. The minimum Gasteiger partial charge on any atom is -0.499 e. The molecule has 548 valence electrons. The zero-order chi connectivity index (χ0) is 74.3. The molecule has 0 radical (unpaired) electrons. The smallest absolute Gasteiger partial charge is 0.377 e. The number of carbonyl (C=O) groups is 10. The van der Waals surface area contributed by atoms with Gasteiger partial charge >= 0.3 is 59.7 Å². The number of carboxylic acids is 2. The van der Waals surface area contributed by atoms with E-state index in [1.807, 2.05) is 0 Å². The molecule has 96 heavy (non-hydrogen) atoms. The summed E-state index contributed by atoms with van der Waals surface area (Å²) in [4.78, 5) is 112. The number of rotatable bonds is 20. The molecule has 4 saturated carbocycles. The van der Waals surface area contributed by atoms with Crippen molar-refractivity contribution in [3.63, 3.8) is 0 Å². The molecule has 0 aromatic rings. The molecule has 12 N–H and O–H groups in total. The highest BCUT2D eigenvalue weighted by molar-refractivity contribution is 5.99. The standard InChI is InChI=1S/2C24H40O6.C8H12O6.C6H8O6.C4H4O6/c2*1-13(2)17-9-7-15(5)11-19(17)29-23(27)21(25)22(26)24(28)30-20-12-16(6)8-10-18(20)14(3)4;1-3-13-7(11)5(9)6(10)8(12)14-4-2;1-11-5(9)3(7)4(8)6(10)12-2;5-1(3(7)8)2(6)4(9)10/h2*13-20,25-26H,7-12H2,1-6H3;9-10H,3-4H2,1-2H3;7-8H,1-2H3;5-6H,(H,7,8)(H,9,10)/b2*22-21+;6-5+;4-3+;2-1+/t2*15-,16-,17+,18+,19-,20?;;;/m10.../s1. The third kappa shape index (κ3) is 28.8. The van der Waals surface area contributed by atoms with Crippen LogP contribution in [-0.4, -0.2) is 173 Å². The maximum Gasteiger partial charge on any atom is 0.377 e. The predicted molar refractivity (Wildman–Crippen MR) is 339 cm³/mol. The number of hydrogen-bond donors (Lipinski definition) is 12. The van der Waals surface area contributed by atoms with Gasteiger partial charge in [0.05, 0.1) is 27.4 Å². The van der Waals surface area contributed by atoms with Gasteiger partial charge in [0.25, 0.3) is 57.6 Å². The summed E-state index contributed by atoms with van der Waals surface area (Å²) in [5, 5.41) is 108. The predicted octanol–water partition coefficient (Wildman–Crippen LogP) is 10.2. The molecule has 0 saturated heterocycles. The Labute approximate surface area is 559 Å². The lowest BCUT2D eigenvalue weighted by molar-refractivity contribution is -0.159. The van der Waals surface area contributed by atoms with Gasteiger partial charge in [-0.25, -0.2) is 47.9 Å². The van der Waals surface area contributed by atoms with E-state index >= 15 is 0 Å². The number of carboxylic acid groups (broad SMARTS) is 2. The van der Waals surface area contributed by atoms with Crippen LogP contribution >= 0.6 is 0 Å². The molecule has 0 aliphatic heterocycles. The van der Waals surface area contributed by atoms with Crippen molar-refractivity contribution >= 4 is 59.7 Å². The first-order chi connectivity index (χ1) is 44.6. The second-order valence-corrected chi connectivity index (χ2v) is 25.6. The van der Waals surface area contributed by atoms with Gasteiger partial charge in [-0.15, -0.1) is 0 Å². The van der Waals surface area contributed by atoms with E-state index in [-0.39, 0.29) is 61.3 Å². The van der Waals surface area contributed by atoms with Gasteiger partial charge in [-0.3, -0.25) is 0 Å². The molecule has 30 nitrogen and oxygen atoms in total. The Balaban J connectivity index is 0.00000127. The number of ether oxygens (including phenoxy) is 8. The molecule has 2 unspecified atom stereocenters. The van der Waals surface area contributed by atoms with Crippen molar-refractivity contribution in [2.75, 3.05) is 27.4 Å². The molecular formula is C66H104O30. The average molecular weight is 1380 g/mol. The molecule has 4 rings (SSSR count). The number of hydrogen-bond acceptors (Lipinski definition) is 28. The van der Waals surface area contributed by atoms with Gasteiger partial charge in [-0.1, -0.05) is 109 Å². The highest BCUT2D eigenvalue weighted by atomic mass is 16.6. The average Bonchev–Trinajstić information content (AvgIpc) is 0.878. The summed E-state index contributed by atoms with van der Waals surface area (Å²) in [7, 11) is 1.98. The van der Waals surface area contributed by atoms with Gasteiger partial charge in [0.15, 0.2) is 0 Å². The van der Waals surface area contributed by atoms with Crippen molar-refractivity contribution in [3.05, 3.63) is 57.6 Å². The van der Waals surface area contributed by atoms with E-state index < -0.39 is 117 Å². The Kier molecular flexibility index (Phi) is 38.9. The van der Waals surface area contributed by atoms with Crippen LogP contribution in [0.3, 0.4) is 0 Å². The van der Waals surface area contributed by atoms with Crippen molar-refractivity contribution in [3.8, 4) is 0 Å². The minimum absolute atomic E-state index is 0.0268. The van der Waals surface area contributed by atoms with E-state index in [1.54, 1.807) is 0 Å². The topological polar surface area (TPSA) is 487 Å². The van der Waals surface area contributed by atoms with Gasteiger partial charge in [0.2, 0.25) is 0 Å². The maximum absolute atomic E-state index is 12.5. The normalized spacial score (nSPS) is 25.1. The van der Waals surface area contributed by atoms with Crippen LogP contribution < -0.4 is 0 Å². The number of methoxy groups -OCH3 is 2. The van der Waals surface area contributed by atoms with E-state index in [0.29, 0.717) is 73.0 Å². The summed E-state index contributed by atoms with van der Waals surface area (Å²) >= 11 is 0. The quantitative estimate of drug-likeness (QED) is 0.0233. The second-order valence-electron chi connectivity index (χ2n) is 25.6. The largest absolute Gasteiger partial charge is 0.499 e. The lowest BCUT2D eigenvalue weighted by Gasteiger charge is -2.37. The summed E-state index contributed by atoms with van der Waals surface area (Å²) in [5.74, 6) is -21.0. The van der Waals surface area contributed by atoms with Crippen LogP contribution in [0.2, 0.25) is 0 Å². The zero-order valence-corrected chi connectivity index (χ0v) is 57.9. The van der Waals surface area contributed by atoms with Crippen molar-refractivity contribution in [2.45, 2.75) is 198 Å². The molecule has 0 aromatic carbocycles. The Bertz CT molecular complexity index is 2490. The summed E-state index contributed by atoms with van der Waals surface area (Å²) in [6, 6.07) is 0. The molecule has 4 aliphatic rings.